The van der Waals surface area contributed by atoms with E-state index < -0.39 is 11.9 Å². The van der Waals surface area contributed by atoms with Gasteiger partial charge in [0.15, 0.2) is 6.79 Å². The highest BCUT2D eigenvalue weighted by atomic mass is 16.7. The van der Waals surface area contributed by atoms with Gasteiger partial charge in [0.05, 0.1) is 16.8 Å². The summed E-state index contributed by atoms with van der Waals surface area (Å²) in [6.45, 7) is 1.92. The molecule has 1 amide bonds. The van der Waals surface area contributed by atoms with E-state index in [1.165, 1.54) is 13.2 Å². The molecular formula is C24H23BNO5. The minimum atomic E-state index is -1.12. The highest BCUT2D eigenvalue weighted by Crippen LogP contribution is 2.28. The van der Waals surface area contributed by atoms with Gasteiger partial charge in [0, 0.05) is 7.11 Å². The quantitative estimate of drug-likeness (QED) is 0.395. The number of carboxylic acid groups (broad SMARTS) is 1. The molecular weight excluding hydrogens is 393 g/mol. The number of hydrogen-bond donors (Lipinski definition) is 2. The molecule has 1 radical (unpaired) electrons. The lowest BCUT2D eigenvalue weighted by molar-refractivity contribution is 0.0503. The molecule has 0 unspecified atom stereocenters. The number of hydrogen-bond acceptors (Lipinski definition) is 4. The first kappa shape index (κ1) is 22.1. The van der Waals surface area contributed by atoms with E-state index in [-0.39, 0.29) is 18.0 Å². The molecule has 3 aromatic carbocycles. The number of carboxylic acids is 1. The summed E-state index contributed by atoms with van der Waals surface area (Å²) in [5.41, 5.74) is 3.17. The molecule has 0 aliphatic heterocycles. The fraction of sp³-hybridized carbons (Fsp3) is 0.167. The molecule has 0 atom stereocenters. The van der Waals surface area contributed by atoms with E-state index in [0.29, 0.717) is 17.6 Å². The Morgan fingerprint density at radius 3 is 2.42 bits per heavy atom. The number of carbonyl (C=O) groups is 2. The van der Waals surface area contributed by atoms with Gasteiger partial charge in [-0.2, -0.15) is 0 Å². The van der Waals surface area contributed by atoms with Gasteiger partial charge in [0.25, 0.3) is 5.91 Å². The van der Waals surface area contributed by atoms with Crippen LogP contribution in [0.15, 0.2) is 66.7 Å². The first-order valence-corrected chi connectivity index (χ1v) is 9.80. The molecule has 0 saturated heterocycles. The van der Waals surface area contributed by atoms with E-state index in [9.17, 15) is 14.7 Å². The summed E-state index contributed by atoms with van der Waals surface area (Å²) in [6, 6.07) is 19.7. The van der Waals surface area contributed by atoms with Crippen LogP contribution in [0.2, 0.25) is 6.82 Å². The number of carbonyl (C=O) groups excluding carboxylic acids is 1. The van der Waals surface area contributed by atoms with Gasteiger partial charge < -0.3 is 19.9 Å². The van der Waals surface area contributed by atoms with Crippen LogP contribution in [-0.2, 0) is 11.1 Å². The van der Waals surface area contributed by atoms with Crippen molar-refractivity contribution < 1.29 is 24.2 Å². The SMILES string of the molecule is C[B]Cc1ccc(OCOC)c(C(=O)Nc2cc(-c3ccccc3)ccc2C(=O)O)c1. The van der Waals surface area contributed by atoms with E-state index in [1.54, 1.807) is 24.3 Å². The van der Waals surface area contributed by atoms with Crippen molar-refractivity contribution in [3.8, 4) is 16.9 Å². The van der Waals surface area contributed by atoms with E-state index in [0.717, 1.165) is 16.7 Å². The number of benzene rings is 3. The molecule has 0 saturated carbocycles. The molecule has 0 bridgehead atoms. The number of anilines is 1. The van der Waals surface area contributed by atoms with Gasteiger partial charge in [0.1, 0.15) is 13.0 Å². The number of rotatable bonds is 9. The van der Waals surface area contributed by atoms with E-state index >= 15 is 0 Å². The van der Waals surface area contributed by atoms with Crippen LogP contribution in [0, 0.1) is 0 Å². The van der Waals surface area contributed by atoms with Crippen LogP contribution in [0.1, 0.15) is 26.3 Å². The molecule has 0 spiro atoms. The van der Waals surface area contributed by atoms with Crippen molar-refractivity contribution in [1.82, 2.24) is 0 Å². The molecule has 157 valence electrons. The summed E-state index contributed by atoms with van der Waals surface area (Å²) in [5.74, 6) is -1.23. The number of amides is 1. The molecule has 0 aromatic heterocycles. The maximum atomic E-state index is 13.1. The molecule has 0 aliphatic carbocycles. The second-order valence-corrected chi connectivity index (χ2v) is 6.88. The number of methoxy groups -OCH3 is 1. The fourth-order valence-electron chi connectivity index (χ4n) is 3.20. The van der Waals surface area contributed by atoms with E-state index in [4.69, 9.17) is 9.47 Å². The Balaban J connectivity index is 1.98. The van der Waals surface area contributed by atoms with Gasteiger partial charge >= 0.3 is 5.97 Å². The monoisotopic (exact) mass is 416 g/mol. The van der Waals surface area contributed by atoms with Crippen LogP contribution in [0.25, 0.3) is 11.1 Å². The van der Waals surface area contributed by atoms with Crippen molar-refractivity contribution in [2.75, 3.05) is 19.2 Å². The molecule has 2 N–H and O–H groups in total. The van der Waals surface area contributed by atoms with Crippen LogP contribution in [-0.4, -0.2) is 38.2 Å². The van der Waals surface area contributed by atoms with Crippen LogP contribution in [0.4, 0.5) is 5.69 Å². The zero-order valence-electron chi connectivity index (χ0n) is 17.4. The minimum absolute atomic E-state index is 0.00503. The lowest BCUT2D eigenvalue weighted by Crippen LogP contribution is -2.17. The third-order valence-corrected chi connectivity index (χ3v) is 4.67. The summed E-state index contributed by atoms with van der Waals surface area (Å²) in [4.78, 5) is 24.9. The standard InChI is InChI=1S/C24H23BNO5/c1-25-14-16-8-11-22(31-15-30-2)20(12-16)23(27)26-21-13-18(9-10-19(21)24(28)29)17-6-4-3-5-7-17/h3-13H,14-15H2,1-2H3,(H,26,27)(H,28,29). The van der Waals surface area contributed by atoms with E-state index in [1.807, 2.05) is 50.5 Å². The Labute approximate surface area is 182 Å². The summed E-state index contributed by atoms with van der Waals surface area (Å²) in [6.07, 6.45) is 0.689. The van der Waals surface area contributed by atoms with Gasteiger partial charge in [-0.05, 0) is 35.4 Å². The largest absolute Gasteiger partial charge is 0.478 e. The zero-order valence-corrected chi connectivity index (χ0v) is 17.4. The average Bonchev–Trinajstić information content (AvgIpc) is 2.78. The Bertz CT molecular complexity index is 1070. The lowest BCUT2D eigenvalue weighted by atomic mass is 9.75. The molecule has 3 rings (SSSR count). The maximum Gasteiger partial charge on any atom is 0.337 e. The Kier molecular flexibility index (Phi) is 7.46. The molecule has 7 heteroatoms. The smallest absolute Gasteiger partial charge is 0.337 e. The average molecular weight is 416 g/mol. The van der Waals surface area contributed by atoms with Crippen molar-refractivity contribution in [2.24, 2.45) is 0 Å². The Hall–Kier alpha value is -3.58. The lowest BCUT2D eigenvalue weighted by Gasteiger charge is -2.15. The summed E-state index contributed by atoms with van der Waals surface area (Å²) >= 11 is 0. The minimum Gasteiger partial charge on any atom is -0.478 e. The predicted molar refractivity (Wildman–Crippen MR) is 121 cm³/mol. The third-order valence-electron chi connectivity index (χ3n) is 4.67. The normalized spacial score (nSPS) is 10.4. The topological polar surface area (TPSA) is 84.9 Å². The predicted octanol–water partition coefficient (Wildman–Crippen LogP) is 4.54. The molecule has 0 heterocycles. The highest BCUT2D eigenvalue weighted by molar-refractivity contribution is 6.32. The summed E-state index contributed by atoms with van der Waals surface area (Å²) < 4.78 is 10.5. The van der Waals surface area contributed by atoms with Crippen molar-refractivity contribution >= 4 is 24.8 Å². The zero-order chi connectivity index (χ0) is 22.2. The van der Waals surface area contributed by atoms with Crippen LogP contribution in [0.3, 0.4) is 0 Å². The van der Waals surface area contributed by atoms with Crippen LogP contribution >= 0.6 is 0 Å². The second kappa shape index (κ2) is 10.5. The molecule has 6 nitrogen and oxygen atoms in total. The van der Waals surface area contributed by atoms with Crippen LogP contribution in [0.5, 0.6) is 5.75 Å². The van der Waals surface area contributed by atoms with Crippen molar-refractivity contribution in [3.05, 3.63) is 83.4 Å². The molecule has 0 aliphatic rings. The number of ether oxygens (including phenoxy) is 2. The molecule has 0 fully saturated rings. The van der Waals surface area contributed by atoms with Crippen molar-refractivity contribution in [2.45, 2.75) is 13.1 Å². The maximum absolute atomic E-state index is 13.1. The van der Waals surface area contributed by atoms with Crippen LogP contribution < -0.4 is 10.1 Å². The van der Waals surface area contributed by atoms with Gasteiger partial charge in [-0.25, -0.2) is 4.79 Å². The summed E-state index contributed by atoms with van der Waals surface area (Å²) in [7, 11) is 3.48. The number of nitrogens with one attached hydrogen (secondary N) is 1. The van der Waals surface area contributed by atoms with E-state index in [2.05, 4.69) is 5.32 Å². The number of aromatic carboxylic acids is 1. The Morgan fingerprint density at radius 1 is 0.968 bits per heavy atom. The second-order valence-electron chi connectivity index (χ2n) is 6.88. The van der Waals surface area contributed by atoms with Gasteiger partial charge in [-0.1, -0.05) is 61.2 Å². The third kappa shape index (κ3) is 5.52. The van der Waals surface area contributed by atoms with Crippen molar-refractivity contribution in [3.63, 3.8) is 0 Å². The Morgan fingerprint density at radius 2 is 1.74 bits per heavy atom. The molecule has 31 heavy (non-hydrogen) atoms. The first-order chi connectivity index (χ1) is 15.0. The van der Waals surface area contributed by atoms with Gasteiger partial charge in [0.2, 0.25) is 0 Å². The summed E-state index contributed by atoms with van der Waals surface area (Å²) in [5, 5.41) is 12.4. The highest BCUT2D eigenvalue weighted by Gasteiger charge is 2.18. The first-order valence-electron chi connectivity index (χ1n) is 9.80. The van der Waals surface area contributed by atoms with Crippen molar-refractivity contribution in [1.29, 1.82) is 0 Å². The molecule has 3 aromatic rings. The van der Waals surface area contributed by atoms with Gasteiger partial charge in [-0.3, -0.25) is 4.79 Å². The van der Waals surface area contributed by atoms with Gasteiger partial charge in [-0.15, -0.1) is 0 Å². The fourth-order valence-corrected chi connectivity index (χ4v) is 3.20.